The van der Waals surface area contributed by atoms with Crippen molar-refractivity contribution >= 4 is 43.2 Å². The van der Waals surface area contributed by atoms with Crippen molar-refractivity contribution in [2.24, 2.45) is 0 Å². The molecule has 0 radical (unpaired) electrons. The van der Waals surface area contributed by atoms with E-state index in [-0.39, 0.29) is 0 Å². The summed E-state index contributed by atoms with van der Waals surface area (Å²) >= 11 is 8.80. The van der Waals surface area contributed by atoms with Gasteiger partial charge in [0.2, 0.25) is 0 Å². The van der Waals surface area contributed by atoms with Gasteiger partial charge in [0.1, 0.15) is 0 Å². The van der Waals surface area contributed by atoms with Crippen LogP contribution in [0.1, 0.15) is 31.7 Å². The molecule has 0 amide bonds. The monoisotopic (exact) mass is 310 g/mol. The molecule has 0 aromatic carbocycles. The second-order valence-electron chi connectivity index (χ2n) is 2.81. The highest BCUT2D eigenvalue weighted by molar-refractivity contribution is 9.12. The van der Waals surface area contributed by atoms with Gasteiger partial charge in [0, 0.05) is 0 Å². The third-order valence-corrected chi connectivity index (χ3v) is 4.24. The number of rotatable bonds is 4. The smallest absolute Gasteiger partial charge is 0.0742 e. The lowest BCUT2D eigenvalue weighted by Crippen LogP contribution is -1.82. The van der Waals surface area contributed by atoms with Crippen molar-refractivity contribution in [2.75, 3.05) is 0 Å². The van der Waals surface area contributed by atoms with E-state index in [9.17, 15) is 0 Å². The molecule has 0 nitrogen and oxygen atoms in total. The number of unbranched alkanes of at least 4 members (excludes halogenated alkanes) is 2. The zero-order valence-corrected chi connectivity index (χ0v) is 11.1. The molecule has 0 bridgehead atoms. The van der Waals surface area contributed by atoms with Gasteiger partial charge in [-0.15, -0.1) is 11.3 Å². The SMILES string of the molecule is CCCCCc1cc(Br)sc1Br. The summed E-state index contributed by atoms with van der Waals surface area (Å²) in [7, 11) is 0. The summed E-state index contributed by atoms with van der Waals surface area (Å²) in [6, 6.07) is 2.21. The molecular weight excluding hydrogens is 300 g/mol. The van der Waals surface area contributed by atoms with Crippen LogP contribution in [0.4, 0.5) is 0 Å². The zero-order valence-electron chi connectivity index (χ0n) is 7.07. The van der Waals surface area contributed by atoms with Crippen LogP contribution < -0.4 is 0 Å². The highest BCUT2D eigenvalue weighted by Gasteiger charge is 2.03. The Hall–Kier alpha value is 0.660. The molecule has 1 heterocycles. The van der Waals surface area contributed by atoms with Gasteiger partial charge in [-0.3, -0.25) is 0 Å². The molecule has 0 atom stereocenters. The molecular formula is C9H12Br2S. The highest BCUT2D eigenvalue weighted by atomic mass is 79.9. The second kappa shape index (κ2) is 5.40. The number of thiophene rings is 1. The Balaban J connectivity index is 2.45. The Morgan fingerprint density at radius 3 is 2.58 bits per heavy atom. The van der Waals surface area contributed by atoms with E-state index in [1.165, 1.54) is 38.8 Å². The largest absolute Gasteiger partial charge is 0.121 e. The topological polar surface area (TPSA) is 0 Å². The molecule has 0 aliphatic heterocycles. The van der Waals surface area contributed by atoms with Crippen LogP contribution in [-0.2, 0) is 6.42 Å². The molecule has 1 rings (SSSR count). The van der Waals surface area contributed by atoms with Crippen LogP contribution in [0.15, 0.2) is 13.6 Å². The number of hydrogen-bond acceptors (Lipinski definition) is 1. The summed E-state index contributed by atoms with van der Waals surface area (Å²) in [6.45, 7) is 2.23. The maximum Gasteiger partial charge on any atom is 0.0742 e. The predicted octanol–water partition coefficient (Wildman–Crippen LogP) is 5.01. The van der Waals surface area contributed by atoms with Crippen molar-refractivity contribution in [1.82, 2.24) is 0 Å². The van der Waals surface area contributed by atoms with Gasteiger partial charge in [0.15, 0.2) is 0 Å². The molecule has 1 aromatic heterocycles. The molecule has 3 heteroatoms. The lowest BCUT2D eigenvalue weighted by molar-refractivity contribution is 0.717. The van der Waals surface area contributed by atoms with Crippen molar-refractivity contribution in [2.45, 2.75) is 32.6 Å². The minimum atomic E-state index is 1.20. The predicted molar refractivity (Wildman–Crippen MR) is 62.9 cm³/mol. The summed E-state index contributed by atoms with van der Waals surface area (Å²) in [4.78, 5) is 0. The number of hydrogen-bond donors (Lipinski definition) is 0. The molecule has 0 unspecified atom stereocenters. The Kier molecular flexibility index (Phi) is 4.84. The molecule has 68 valence electrons. The lowest BCUT2D eigenvalue weighted by Gasteiger charge is -1.96. The van der Waals surface area contributed by atoms with E-state index >= 15 is 0 Å². The third kappa shape index (κ3) is 3.19. The normalized spacial score (nSPS) is 10.6. The minimum Gasteiger partial charge on any atom is -0.121 e. The first-order chi connectivity index (χ1) is 5.74. The molecule has 0 N–H and O–H groups in total. The van der Waals surface area contributed by atoms with Gasteiger partial charge in [-0.2, -0.15) is 0 Å². The van der Waals surface area contributed by atoms with E-state index in [4.69, 9.17) is 0 Å². The van der Waals surface area contributed by atoms with E-state index in [2.05, 4.69) is 44.8 Å². The van der Waals surface area contributed by atoms with Gasteiger partial charge in [-0.25, -0.2) is 0 Å². The Morgan fingerprint density at radius 1 is 1.33 bits per heavy atom. The van der Waals surface area contributed by atoms with Gasteiger partial charge in [0.05, 0.1) is 7.57 Å². The van der Waals surface area contributed by atoms with E-state index in [0.29, 0.717) is 0 Å². The second-order valence-corrected chi connectivity index (χ2v) is 6.56. The van der Waals surface area contributed by atoms with Gasteiger partial charge in [0.25, 0.3) is 0 Å². The van der Waals surface area contributed by atoms with Crippen LogP contribution in [0.5, 0.6) is 0 Å². The quantitative estimate of drug-likeness (QED) is 0.686. The van der Waals surface area contributed by atoms with Crippen molar-refractivity contribution < 1.29 is 0 Å². The summed E-state index contributed by atoms with van der Waals surface area (Å²) in [5.41, 5.74) is 1.44. The van der Waals surface area contributed by atoms with Crippen molar-refractivity contribution in [3.63, 3.8) is 0 Å². The molecule has 0 aliphatic rings. The fourth-order valence-electron chi connectivity index (χ4n) is 1.11. The Morgan fingerprint density at radius 2 is 2.08 bits per heavy atom. The molecule has 0 spiro atoms. The molecule has 1 aromatic rings. The van der Waals surface area contributed by atoms with Crippen LogP contribution >= 0.6 is 43.2 Å². The standard InChI is InChI=1S/C9H12Br2S/c1-2-3-4-5-7-6-8(10)12-9(7)11/h6H,2-5H2,1H3. The zero-order chi connectivity index (χ0) is 8.97. The van der Waals surface area contributed by atoms with Crippen molar-refractivity contribution in [3.05, 3.63) is 19.2 Å². The molecule has 0 aliphatic carbocycles. The fraction of sp³-hybridized carbons (Fsp3) is 0.556. The summed E-state index contributed by atoms with van der Waals surface area (Å²) in [5, 5.41) is 0. The van der Waals surface area contributed by atoms with Gasteiger partial charge < -0.3 is 0 Å². The van der Waals surface area contributed by atoms with Gasteiger partial charge in [-0.1, -0.05) is 19.8 Å². The van der Waals surface area contributed by atoms with Gasteiger partial charge >= 0.3 is 0 Å². The van der Waals surface area contributed by atoms with E-state index in [0.717, 1.165) is 0 Å². The van der Waals surface area contributed by atoms with Crippen LogP contribution in [-0.4, -0.2) is 0 Å². The van der Waals surface area contributed by atoms with E-state index < -0.39 is 0 Å². The molecule has 12 heavy (non-hydrogen) atoms. The first kappa shape index (κ1) is 10.7. The average molecular weight is 312 g/mol. The summed E-state index contributed by atoms with van der Waals surface area (Å²) in [5.74, 6) is 0. The highest BCUT2D eigenvalue weighted by Crippen LogP contribution is 2.32. The third-order valence-electron chi connectivity index (χ3n) is 1.78. The van der Waals surface area contributed by atoms with Crippen molar-refractivity contribution in [1.29, 1.82) is 0 Å². The maximum atomic E-state index is 3.56. The number of aryl methyl sites for hydroxylation is 1. The molecule has 0 saturated carbocycles. The fourth-order valence-corrected chi connectivity index (χ4v) is 4.02. The van der Waals surface area contributed by atoms with E-state index in [1.807, 2.05) is 0 Å². The Bertz CT molecular complexity index is 243. The van der Waals surface area contributed by atoms with Crippen LogP contribution in [0.2, 0.25) is 0 Å². The molecule has 0 fully saturated rings. The van der Waals surface area contributed by atoms with Crippen LogP contribution in [0.25, 0.3) is 0 Å². The lowest BCUT2D eigenvalue weighted by atomic mass is 10.1. The summed E-state index contributed by atoms with van der Waals surface area (Å²) < 4.78 is 2.51. The van der Waals surface area contributed by atoms with Crippen molar-refractivity contribution in [3.8, 4) is 0 Å². The Labute approximate surface area is 94.6 Å². The first-order valence-electron chi connectivity index (χ1n) is 4.17. The minimum absolute atomic E-state index is 1.20. The average Bonchev–Trinajstić information content (AvgIpc) is 2.31. The van der Waals surface area contributed by atoms with Crippen LogP contribution in [0.3, 0.4) is 0 Å². The van der Waals surface area contributed by atoms with Crippen LogP contribution in [0, 0.1) is 0 Å². The summed E-state index contributed by atoms with van der Waals surface area (Å²) in [6.07, 6.45) is 5.14. The molecule has 0 saturated heterocycles. The first-order valence-corrected chi connectivity index (χ1v) is 6.58. The maximum absolute atomic E-state index is 3.56. The van der Waals surface area contributed by atoms with E-state index in [1.54, 1.807) is 11.3 Å². The number of halogens is 2. The van der Waals surface area contributed by atoms with Gasteiger partial charge in [-0.05, 0) is 56.3 Å².